The van der Waals surface area contributed by atoms with Crippen LogP contribution >= 0.6 is 0 Å². The molecule has 1 heterocycles. The minimum absolute atomic E-state index is 0.0150. The fraction of sp³-hybridized carbons (Fsp3) is 0.727. The molecule has 0 radical (unpaired) electrons. The summed E-state index contributed by atoms with van der Waals surface area (Å²) in [6.45, 7) is 0.619. The highest BCUT2D eigenvalue weighted by Crippen LogP contribution is 2.30. The van der Waals surface area contributed by atoms with Crippen molar-refractivity contribution in [3.05, 3.63) is 12.2 Å². The van der Waals surface area contributed by atoms with Gasteiger partial charge in [-0.05, 0) is 37.5 Å². The Morgan fingerprint density at radius 1 is 1.23 bits per heavy atom. The number of cyclic esters (lactones) is 1. The van der Waals surface area contributed by atoms with Crippen molar-refractivity contribution < 1.29 is 9.53 Å². The minimum Gasteiger partial charge on any atom is -0.466 e. The van der Waals surface area contributed by atoms with Crippen LogP contribution in [0.1, 0.15) is 32.1 Å². The molecule has 0 saturated carbocycles. The molecule has 2 atom stereocenters. The molecule has 0 aromatic rings. The monoisotopic (exact) mass is 180 g/mol. The zero-order chi connectivity index (χ0) is 9.10. The van der Waals surface area contributed by atoms with Crippen molar-refractivity contribution in [1.29, 1.82) is 0 Å². The summed E-state index contributed by atoms with van der Waals surface area (Å²) in [6.07, 6.45) is 9.64. The van der Waals surface area contributed by atoms with Crippen LogP contribution in [-0.4, -0.2) is 12.6 Å². The van der Waals surface area contributed by atoms with Gasteiger partial charge in [-0.25, -0.2) is 0 Å². The molecular weight excluding hydrogens is 164 g/mol. The van der Waals surface area contributed by atoms with Crippen LogP contribution in [0.15, 0.2) is 12.2 Å². The van der Waals surface area contributed by atoms with Crippen LogP contribution in [0.2, 0.25) is 0 Å². The number of carbonyl (C=O) groups excluding carboxylic acids is 1. The maximum Gasteiger partial charge on any atom is 0.305 e. The Morgan fingerprint density at radius 3 is 2.85 bits per heavy atom. The molecule has 2 nitrogen and oxygen atoms in total. The summed E-state index contributed by atoms with van der Waals surface area (Å²) in [4.78, 5) is 11.1. The summed E-state index contributed by atoms with van der Waals surface area (Å²) >= 11 is 0. The quantitative estimate of drug-likeness (QED) is 0.422. The number of hydrogen-bond donors (Lipinski definition) is 0. The number of hydrogen-bond acceptors (Lipinski definition) is 2. The second-order valence-electron chi connectivity index (χ2n) is 4.04. The van der Waals surface area contributed by atoms with Crippen molar-refractivity contribution in [2.45, 2.75) is 32.1 Å². The second kappa shape index (κ2) is 3.95. The van der Waals surface area contributed by atoms with E-state index in [1.54, 1.807) is 0 Å². The van der Waals surface area contributed by atoms with E-state index in [4.69, 9.17) is 4.74 Å². The Kier molecular flexibility index (Phi) is 2.67. The topological polar surface area (TPSA) is 26.3 Å². The Morgan fingerprint density at radius 2 is 2.00 bits per heavy atom. The van der Waals surface area contributed by atoms with Crippen LogP contribution in [0.3, 0.4) is 0 Å². The average molecular weight is 180 g/mol. The van der Waals surface area contributed by atoms with E-state index in [-0.39, 0.29) is 5.97 Å². The number of fused-ring (bicyclic) bond motifs is 2. The smallest absolute Gasteiger partial charge is 0.305 e. The van der Waals surface area contributed by atoms with Gasteiger partial charge in [0.2, 0.25) is 0 Å². The molecule has 0 aromatic heterocycles. The molecule has 0 spiro atoms. The number of carbonyl (C=O) groups is 1. The van der Waals surface area contributed by atoms with E-state index in [1.165, 1.54) is 12.8 Å². The molecule has 13 heavy (non-hydrogen) atoms. The van der Waals surface area contributed by atoms with E-state index in [9.17, 15) is 4.79 Å². The summed E-state index contributed by atoms with van der Waals surface area (Å²) in [5.74, 6) is 1.37. The van der Waals surface area contributed by atoms with Gasteiger partial charge in [0.1, 0.15) is 0 Å². The molecule has 2 rings (SSSR count). The first kappa shape index (κ1) is 8.79. The van der Waals surface area contributed by atoms with Crippen molar-refractivity contribution >= 4 is 5.97 Å². The predicted molar refractivity (Wildman–Crippen MR) is 50.2 cm³/mol. The van der Waals surface area contributed by atoms with Gasteiger partial charge in [-0.15, -0.1) is 0 Å². The molecule has 1 fully saturated rings. The summed E-state index contributed by atoms with van der Waals surface area (Å²) in [7, 11) is 0. The number of rotatable bonds is 0. The van der Waals surface area contributed by atoms with Crippen molar-refractivity contribution in [3.8, 4) is 0 Å². The van der Waals surface area contributed by atoms with E-state index < -0.39 is 0 Å². The molecule has 72 valence electrons. The van der Waals surface area contributed by atoms with Gasteiger partial charge in [0, 0.05) is 6.42 Å². The normalized spacial score (nSPS) is 34.3. The molecule has 2 heteroatoms. The van der Waals surface area contributed by atoms with Crippen LogP contribution in [0.25, 0.3) is 0 Å². The zero-order valence-corrected chi connectivity index (χ0v) is 7.87. The van der Waals surface area contributed by atoms with Gasteiger partial charge in [-0.1, -0.05) is 12.2 Å². The van der Waals surface area contributed by atoms with E-state index in [1.807, 2.05) is 0 Å². The molecule has 2 bridgehead atoms. The Labute approximate surface area is 79.0 Å². The Bertz CT molecular complexity index is 220. The Hall–Kier alpha value is -0.790. The van der Waals surface area contributed by atoms with Crippen molar-refractivity contribution in [2.24, 2.45) is 11.8 Å². The molecule has 2 aliphatic rings. The van der Waals surface area contributed by atoms with E-state index in [2.05, 4.69) is 12.2 Å². The van der Waals surface area contributed by atoms with Crippen LogP contribution in [0.4, 0.5) is 0 Å². The standard InChI is InChI=1S/C11H16O2/c12-11-6-5-10-4-3-9(8-10)2-1-7-13-11/h3-4,9-10H,1-2,5-8H2. The van der Waals surface area contributed by atoms with E-state index in [0.717, 1.165) is 18.8 Å². The van der Waals surface area contributed by atoms with Crippen molar-refractivity contribution in [3.63, 3.8) is 0 Å². The Balaban J connectivity index is 1.93. The fourth-order valence-corrected chi connectivity index (χ4v) is 2.20. The van der Waals surface area contributed by atoms with Crippen LogP contribution in [0, 0.1) is 11.8 Å². The van der Waals surface area contributed by atoms with Gasteiger partial charge in [-0.3, -0.25) is 4.79 Å². The third-order valence-corrected chi connectivity index (χ3v) is 2.96. The second-order valence-corrected chi connectivity index (χ2v) is 4.04. The summed E-state index contributed by atoms with van der Waals surface area (Å²) in [5.41, 5.74) is 0. The van der Waals surface area contributed by atoms with E-state index in [0.29, 0.717) is 18.9 Å². The summed E-state index contributed by atoms with van der Waals surface area (Å²) in [5, 5.41) is 0. The molecule has 2 unspecified atom stereocenters. The first-order valence-electron chi connectivity index (χ1n) is 5.18. The maximum absolute atomic E-state index is 11.1. The van der Waals surface area contributed by atoms with Gasteiger partial charge in [0.25, 0.3) is 0 Å². The van der Waals surface area contributed by atoms with Crippen LogP contribution in [0.5, 0.6) is 0 Å². The molecule has 1 saturated heterocycles. The van der Waals surface area contributed by atoms with Crippen molar-refractivity contribution in [1.82, 2.24) is 0 Å². The SMILES string of the molecule is O=C1CCC2C=CC(CCCO1)C2. The largest absolute Gasteiger partial charge is 0.466 e. The number of esters is 1. The predicted octanol–water partition coefficient (Wildman–Crippen LogP) is 2.30. The summed E-state index contributed by atoms with van der Waals surface area (Å²) in [6, 6.07) is 0. The molecule has 0 N–H and O–H groups in total. The minimum atomic E-state index is -0.0150. The number of ether oxygens (including phenoxy) is 1. The van der Waals surface area contributed by atoms with Crippen LogP contribution in [-0.2, 0) is 9.53 Å². The number of allylic oxidation sites excluding steroid dienone is 2. The lowest BCUT2D eigenvalue weighted by Gasteiger charge is -2.14. The lowest BCUT2D eigenvalue weighted by molar-refractivity contribution is -0.144. The highest BCUT2D eigenvalue weighted by atomic mass is 16.5. The van der Waals surface area contributed by atoms with Gasteiger partial charge < -0.3 is 4.74 Å². The lowest BCUT2D eigenvalue weighted by Crippen LogP contribution is -2.11. The highest BCUT2D eigenvalue weighted by Gasteiger charge is 2.20. The van der Waals surface area contributed by atoms with Crippen molar-refractivity contribution in [2.75, 3.05) is 6.61 Å². The third-order valence-electron chi connectivity index (χ3n) is 2.96. The van der Waals surface area contributed by atoms with Crippen LogP contribution < -0.4 is 0 Å². The molecule has 0 amide bonds. The highest BCUT2D eigenvalue weighted by molar-refractivity contribution is 5.69. The summed E-state index contributed by atoms with van der Waals surface area (Å²) < 4.78 is 5.08. The van der Waals surface area contributed by atoms with Gasteiger partial charge >= 0.3 is 5.97 Å². The zero-order valence-electron chi connectivity index (χ0n) is 7.87. The maximum atomic E-state index is 11.1. The fourth-order valence-electron chi connectivity index (χ4n) is 2.20. The molecule has 0 aromatic carbocycles. The average Bonchev–Trinajstić information content (AvgIpc) is 2.56. The molecule has 1 aliphatic heterocycles. The van der Waals surface area contributed by atoms with Gasteiger partial charge in [-0.2, -0.15) is 0 Å². The van der Waals surface area contributed by atoms with Gasteiger partial charge in [0.15, 0.2) is 0 Å². The first-order valence-corrected chi connectivity index (χ1v) is 5.18. The molecule has 1 aliphatic carbocycles. The third kappa shape index (κ3) is 2.33. The first-order chi connectivity index (χ1) is 6.34. The van der Waals surface area contributed by atoms with E-state index >= 15 is 0 Å². The van der Waals surface area contributed by atoms with Gasteiger partial charge in [0.05, 0.1) is 6.61 Å². The molecular formula is C11H16O2. The lowest BCUT2D eigenvalue weighted by atomic mass is 9.95.